The van der Waals surface area contributed by atoms with Crippen LogP contribution in [0.2, 0.25) is 0 Å². The number of carbonyl (C=O) groups excluding carboxylic acids is 1. The molecular formula is C18H18F3N3O2. The Hall–Kier alpha value is -2.61. The van der Waals surface area contributed by atoms with Crippen LogP contribution in [0.15, 0.2) is 30.6 Å². The van der Waals surface area contributed by atoms with E-state index in [1.54, 1.807) is 12.4 Å². The maximum Gasteiger partial charge on any atom is 0.254 e. The molecule has 138 valence electrons. The van der Waals surface area contributed by atoms with Crippen LogP contribution < -0.4 is 5.32 Å². The highest BCUT2D eigenvalue weighted by Crippen LogP contribution is 2.26. The fourth-order valence-electron chi connectivity index (χ4n) is 3.00. The molecule has 1 aromatic heterocycles. The Labute approximate surface area is 148 Å². The first-order valence-electron chi connectivity index (χ1n) is 8.24. The maximum absolute atomic E-state index is 13.8. The monoisotopic (exact) mass is 365 g/mol. The zero-order valence-electron chi connectivity index (χ0n) is 13.9. The number of nitrogens with one attached hydrogen (secondary N) is 1. The summed E-state index contributed by atoms with van der Waals surface area (Å²) in [7, 11) is 0. The van der Waals surface area contributed by atoms with E-state index in [1.165, 1.54) is 0 Å². The van der Waals surface area contributed by atoms with Gasteiger partial charge in [0.05, 0.1) is 5.56 Å². The van der Waals surface area contributed by atoms with Crippen molar-refractivity contribution in [3.63, 3.8) is 0 Å². The number of aromatic hydroxyl groups is 1. The molecule has 0 saturated carbocycles. The largest absolute Gasteiger partial charge is 0.503 e. The number of amides is 1. The number of halogens is 3. The topological polar surface area (TPSA) is 65.5 Å². The van der Waals surface area contributed by atoms with Gasteiger partial charge < -0.3 is 10.4 Å². The highest BCUT2D eigenvalue weighted by atomic mass is 19.2. The van der Waals surface area contributed by atoms with Gasteiger partial charge in [0.15, 0.2) is 17.4 Å². The van der Waals surface area contributed by atoms with E-state index in [4.69, 9.17) is 0 Å². The first kappa shape index (κ1) is 18.2. The Morgan fingerprint density at radius 1 is 1.19 bits per heavy atom. The van der Waals surface area contributed by atoms with E-state index in [-0.39, 0.29) is 6.04 Å². The molecule has 2 heterocycles. The standard InChI is InChI=1S/C18H18F3N3O2/c19-14-9-13(15(20)17(25)16(14)21)18(26)23-12-3-7-24(8-4-12)10-11-1-5-22-6-2-11/h1-2,5-6,9,12,25H,3-4,7-8,10H2,(H,23,26). The van der Waals surface area contributed by atoms with Crippen molar-refractivity contribution in [1.82, 2.24) is 15.2 Å². The van der Waals surface area contributed by atoms with Gasteiger partial charge in [0, 0.05) is 38.1 Å². The van der Waals surface area contributed by atoms with Crippen molar-refractivity contribution in [3.05, 3.63) is 59.2 Å². The predicted octanol–water partition coefficient (Wildman–Crippen LogP) is 2.60. The molecule has 26 heavy (non-hydrogen) atoms. The predicted molar refractivity (Wildman–Crippen MR) is 88.0 cm³/mol. The van der Waals surface area contributed by atoms with E-state index >= 15 is 0 Å². The average molecular weight is 365 g/mol. The number of rotatable bonds is 4. The van der Waals surface area contributed by atoms with Gasteiger partial charge in [-0.05, 0) is 36.6 Å². The number of hydrogen-bond acceptors (Lipinski definition) is 4. The molecule has 1 fully saturated rings. The fourth-order valence-corrected chi connectivity index (χ4v) is 3.00. The van der Waals surface area contributed by atoms with Crippen LogP contribution in [-0.4, -0.2) is 40.0 Å². The molecule has 3 rings (SSSR count). The number of nitrogens with zero attached hydrogens (tertiary/aromatic N) is 2. The Morgan fingerprint density at radius 2 is 1.85 bits per heavy atom. The van der Waals surface area contributed by atoms with E-state index in [9.17, 15) is 23.1 Å². The van der Waals surface area contributed by atoms with Gasteiger partial charge in [-0.2, -0.15) is 4.39 Å². The third-order valence-corrected chi connectivity index (χ3v) is 4.46. The number of likely N-dealkylation sites (tertiary alicyclic amines) is 1. The van der Waals surface area contributed by atoms with Crippen LogP contribution in [0.3, 0.4) is 0 Å². The van der Waals surface area contributed by atoms with Crippen LogP contribution in [0, 0.1) is 17.5 Å². The second-order valence-electron chi connectivity index (χ2n) is 6.26. The second kappa shape index (κ2) is 7.74. The van der Waals surface area contributed by atoms with E-state index in [0.29, 0.717) is 18.9 Å². The van der Waals surface area contributed by atoms with Gasteiger partial charge in [0.2, 0.25) is 5.82 Å². The maximum atomic E-state index is 13.8. The van der Waals surface area contributed by atoms with Crippen LogP contribution in [0.4, 0.5) is 13.2 Å². The Balaban J connectivity index is 1.57. The summed E-state index contributed by atoms with van der Waals surface area (Å²) >= 11 is 0. The number of aromatic nitrogens is 1. The lowest BCUT2D eigenvalue weighted by Crippen LogP contribution is -2.44. The minimum Gasteiger partial charge on any atom is -0.503 e. The summed E-state index contributed by atoms with van der Waals surface area (Å²) in [6.07, 6.45) is 4.75. The number of phenols is 1. The number of pyridine rings is 1. The number of piperidine rings is 1. The Morgan fingerprint density at radius 3 is 2.50 bits per heavy atom. The van der Waals surface area contributed by atoms with Gasteiger partial charge in [-0.3, -0.25) is 14.7 Å². The van der Waals surface area contributed by atoms with Crippen LogP contribution in [0.1, 0.15) is 28.8 Å². The van der Waals surface area contributed by atoms with Gasteiger partial charge in [-0.15, -0.1) is 0 Å². The normalized spacial score (nSPS) is 15.8. The number of hydrogen-bond donors (Lipinski definition) is 2. The quantitative estimate of drug-likeness (QED) is 0.818. The van der Waals surface area contributed by atoms with Crippen molar-refractivity contribution < 1.29 is 23.1 Å². The Bertz CT molecular complexity index is 794. The summed E-state index contributed by atoms with van der Waals surface area (Å²) in [5.74, 6) is -6.99. The van der Waals surface area contributed by atoms with Crippen molar-refractivity contribution >= 4 is 5.91 Å². The molecule has 5 nitrogen and oxygen atoms in total. The van der Waals surface area contributed by atoms with Crippen molar-refractivity contribution in [2.75, 3.05) is 13.1 Å². The van der Waals surface area contributed by atoms with Gasteiger partial charge in [0.1, 0.15) is 0 Å². The zero-order valence-corrected chi connectivity index (χ0v) is 13.9. The number of carbonyl (C=O) groups is 1. The first-order chi connectivity index (χ1) is 12.5. The molecule has 1 saturated heterocycles. The molecule has 1 aliphatic rings. The molecule has 0 unspecified atom stereocenters. The van der Waals surface area contributed by atoms with Crippen molar-refractivity contribution in [1.29, 1.82) is 0 Å². The molecule has 2 N–H and O–H groups in total. The molecule has 0 radical (unpaired) electrons. The van der Waals surface area contributed by atoms with E-state index in [1.807, 2.05) is 12.1 Å². The third kappa shape index (κ3) is 3.96. The molecule has 0 spiro atoms. The van der Waals surface area contributed by atoms with Crippen LogP contribution >= 0.6 is 0 Å². The van der Waals surface area contributed by atoms with Crippen molar-refractivity contribution in [2.24, 2.45) is 0 Å². The second-order valence-corrected chi connectivity index (χ2v) is 6.26. The molecule has 1 amide bonds. The molecule has 0 aliphatic carbocycles. The molecule has 0 atom stereocenters. The first-order valence-corrected chi connectivity index (χ1v) is 8.24. The van der Waals surface area contributed by atoms with Gasteiger partial charge in [0.25, 0.3) is 5.91 Å². The van der Waals surface area contributed by atoms with E-state index < -0.39 is 34.7 Å². The lowest BCUT2D eigenvalue weighted by Gasteiger charge is -2.32. The fraction of sp³-hybridized carbons (Fsp3) is 0.333. The summed E-state index contributed by atoms with van der Waals surface area (Å²) in [5.41, 5.74) is 0.433. The molecule has 1 aliphatic heterocycles. The molecule has 2 aromatic rings. The minimum atomic E-state index is -1.71. The summed E-state index contributed by atoms with van der Waals surface area (Å²) in [4.78, 5) is 18.3. The highest BCUT2D eigenvalue weighted by molar-refractivity contribution is 5.95. The zero-order chi connectivity index (χ0) is 18.7. The SMILES string of the molecule is O=C(NC1CCN(Cc2ccncc2)CC1)c1cc(F)c(F)c(O)c1F. The molecule has 8 heteroatoms. The third-order valence-electron chi connectivity index (χ3n) is 4.46. The Kier molecular flexibility index (Phi) is 5.41. The molecule has 1 aromatic carbocycles. The lowest BCUT2D eigenvalue weighted by molar-refractivity contribution is 0.0903. The molecule has 0 bridgehead atoms. The average Bonchev–Trinajstić information content (AvgIpc) is 2.65. The number of benzene rings is 1. The van der Waals surface area contributed by atoms with E-state index in [0.717, 1.165) is 25.2 Å². The minimum absolute atomic E-state index is 0.203. The highest BCUT2D eigenvalue weighted by Gasteiger charge is 2.26. The van der Waals surface area contributed by atoms with Crippen molar-refractivity contribution in [3.8, 4) is 5.75 Å². The van der Waals surface area contributed by atoms with E-state index in [2.05, 4.69) is 15.2 Å². The van der Waals surface area contributed by atoms with Crippen molar-refractivity contribution in [2.45, 2.75) is 25.4 Å². The lowest BCUT2D eigenvalue weighted by atomic mass is 10.0. The van der Waals surface area contributed by atoms with Crippen LogP contribution in [-0.2, 0) is 6.54 Å². The van der Waals surface area contributed by atoms with Crippen LogP contribution in [0.5, 0.6) is 5.75 Å². The van der Waals surface area contributed by atoms with Gasteiger partial charge in [-0.1, -0.05) is 0 Å². The van der Waals surface area contributed by atoms with Gasteiger partial charge >= 0.3 is 0 Å². The summed E-state index contributed by atoms with van der Waals surface area (Å²) < 4.78 is 40.3. The summed E-state index contributed by atoms with van der Waals surface area (Å²) in [6, 6.07) is 4.13. The molecular weight excluding hydrogens is 347 g/mol. The summed E-state index contributed by atoms with van der Waals surface area (Å²) in [5, 5.41) is 11.8. The van der Waals surface area contributed by atoms with Crippen LogP contribution in [0.25, 0.3) is 0 Å². The van der Waals surface area contributed by atoms with Gasteiger partial charge in [-0.25, -0.2) is 8.78 Å². The smallest absolute Gasteiger partial charge is 0.254 e. The summed E-state index contributed by atoms with van der Waals surface area (Å²) in [6.45, 7) is 2.24. The number of phenolic OH excluding ortho intramolecular Hbond substituents is 1.